The van der Waals surface area contributed by atoms with E-state index in [-0.39, 0.29) is 11.9 Å². The molecule has 0 saturated heterocycles. The second-order valence-corrected chi connectivity index (χ2v) is 4.85. The van der Waals surface area contributed by atoms with Crippen molar-refractivity contribution in [2.24, 2.45) is 5.92 Å². The Morgan fingerprint density at radius 1 is 1.33 bits per heavy atom. The number of rotatable bonds is 8. The summed E-state index contributed by atoms with van der Waals surface area (Å²) < 4.78 is 0. The summed E-state index contributed by atoms with van der Waals surface area (Å²) in [5.41, 5.74) is 0. The van der Waals surface area contributed by atoms with Crippen LogP contribution in [0.3, 0.4) is 0 Å². The highest BCUT2D eigenvalue weighted by molar-refractivity contribution is 5.82. The molecule has 0 bridgehead atoms. The number of nitrogens with zero attached hydrogens (tertiary/aromatic N) is 1. The van der Waals surface area contributed by atoms with Crippen molar-refractivity contribution in [2.45, 2.75) is 32.7 Å². The Hall–Kier alpha value is -1.30. The molecule has 0 aliphatic rings. The lowest BCUT2D eigenvalue weighted by molar-refractivity contribution is -0.139. The van der Waals surface area contributed by atoms with Crippen LogP contribution in [-0.2, 0) is 4.79 Å². The number of amides is 2. The lowest BCUT2D eigenvalue weighted by atomic mass is 10.0. The van der Waals surface area contributed by atoms with Gasteiger partial charge in [-0.3, -0.25) is 0 Å². The first-order valence-corrected chi connectivity index (χ1v) is 6.27. The van der Waals surface area contributed by atoms with Crippen LogP contribution >= 0.6 is 0 Å². The molecule has 6 heteroatoms. The molecule has 0 fully saturated rings. The zero-order valence-electron chi connectivity index (χ0n) is 11.7. The van der Waals surface area contributed by atoms with Crippen molar-refractivity contribution in [1.29, 1.82) is 0 Å². The molecule has 0 aliphatic heterocycles. The van der Waals surface area contributed by atoms with Crippen molar-refractivity contribution in [1.82, 2.24) is 15.5 Å². The minimum absolute atomic E-state index is 0.223. The minimum atomic E-state index is -0.985. The molecular weight excluding hydrogens is 234 g/mol. The normalized spacial score (nSPS) is 12.3. The van der Waals surface area contributed by atoms with E-state index in [1.807, 2.05) is 20.9 Å². The van der Waals surface area contributed by atoms with Crippen LogP contribution in [0.1, 0.15) is 26.7 Å². The van der Waals surface area contributed by atoms with E-state index in [9.17, 15) is 9.59 Å². The lowest BCUT2D eigenvalue weighted by Gasteiger charge is -2.22. The molecule has 1 unspecified atom stereocenters. The van der Waals surface area contributed by atoms with E-state index in [1.165, 1.54) is 4.90 Å². The van der Waals surface area contributed by atoms with Crippen molar-refractivity contribution in [3.63, 3.8) is 0 Å². The Balaban J connectivity index is 4.19. The number of nitrogens with one attached hydrogen (secondary N) is 2. The minimum Gasteiger partial charge on any atom is -0.480 e. The van der Waals surface area contributed by atoms with E-state index in [4.69, 9.17) is 5.11 Å². The molecule has 1 atom stereocenters. The second kappa shape index (κ2) is 8.74. The third-order valence-corrected chi connectivity index (χ3v) is 2.57. The number of carbonyl (C=O) groups is 2. The van der Waals surface area contributed by atoms with Crippen LogP contribution in [0, 0.1) is 5.92 Å². The average Bonchev–Trinajstić information content (AvgIpc) is 2.27. The maximum Gasteiger partial charge on any atom is 0.326 e. The lowest BCUT2D eigenvalue weighted by Crippen LogP contribution is -2.47. The summed E-state index contributed by atoms with van der Waals surface area (Å²) in [6.45, 7) is 5.28. The first-order valence-electron chi connectivity index (χ1n) is 6.27. The fraction of sp³-hybridized carbons (Fsp3) is 0.833. The van der Waals surface area contributed by atoms with Gasteiger partial charge in [0.05, 0.1) is 0 Å². The van der Waals surface area contributed by atoms with Gasteiger partial charge in [0.1, 0.15) is 6.04 Å². The van der Waals surface area contributed by atoms with Gasteiger partial charge in [-0.2, -0.15) is 0 Å². The highest BCUT2D eigenvalue weighted by Gasteiger charge is 2.22. The van der Waals surface area contributed by atoms with Gasteiger partial charge in [-0.05, 0) is 32.4 Å². The van der Waals surface area contributed by atoms with Crippen LogP contribution in [0.25, 0.3) is 0 Å². The van der Waals surface area contributed by atoms with Gasteiger partial charge in [0.2, 0.25) is 0 Å². The quantitative estimate of drug-likeness (QED) is 0.561. The number of carbonyl (C=O) groups excluding carboxylic acids is 1. The van der Waals surface area contributed by atoms with Gasteiger partial charge >= 0.3 is 12.0 Å². The molecule has 0 radical (unpaired) electrons. The maximum absolute atomic E-state index is 11.8. The Morgan fingerprint density at radius 3 is 2.39 bits per heavy atom. The molecule has 0 spiro atoms. The summed E-state index contributed by atoms with van der Waals surface area (Å²) >= 11 is 0. The zero-order valence-corrected chi connectivity index (χ0v) is 11.7. The molecule has 0 aromatic carbocycles. The summed E-state index contributed by atoms with van der Waals surface area (Å²) in [6, 6.07) is -1.15. The SMILES string of the molecule is CNCCCN(C)C(=O)NC(CC(C)C)C(=O)O. The zero-order chi connectivity index (χ0) is 14.1. The Kier molecular flexibility index (Phi) is 8.11. The standard InChI is InChI=1S/C12H25N3O3/c1-9(2)8-10(11(16)17)14-12(18)15(4)7-5-6-13-3/h9-10,13H,5-8H2,1-4H3,(H,14,18)(H,16,17). The maximum atomic E-state index is 11.8. The average molecular weight is 259 g/mol. The molecular formula is C12H25N3O3. The number of carboxylic acid groups (broad SMARTS) is 1. The van der Waals surface area contributed by atoms with Gasteiger partial charge in [0.25, 0.3) is 0 Å². The number of aliphatic carboxylic acids is 1. The Bertz CT molecular complexity index is 269. The van der Waals surface area contributed by atoms with E-state index >= 15 is 0 Å². The monoisotopic (exact) mass is 259 g/mol. The van der Waals surface area contributed by atoms with Crippen LogP contribution in [0.2, 0.25) is 0 Å². The largest absolute Gasteiger partial charge is 0.480 e. The van der Waals surface area contributed by atoms with Crippen molar-refractivity contribution in [2.75, 3.05) is 27.2 Å². The molecule has 0 rings (SSSR count). The van der Waals surface area contributed by atoms with Crippen LogP contribution < -0.4 is 10.6 Å². The van der Waals surface area contributed by atoms with Gasteiger partial charge in [0, 0.05) is 13.6 Å². The third kappa shape index (κ3) is 7.11. The highest BCUT2D eigenvalue weighted by Crippen LogP contribution is 2.05. The topological polar surface area (TPSA) is 81.7 Å². The smallest absolute Gasteiger partial charge is 0.326 e. The van der Waals surface area contributed by atoms with Crippen LogP contribution in [0.5, 0.6) is 0 Å². The number of hydrogen-bond acceptors (Lipinski definition) is 3. The number of hydrogen-bond donors (Lipinski definition) is 3. The van der Waals surface area contributed by atoms with E-state index in [0.29, 0.717) is 13.0 Å². The summed E-state index contributed by atoms with van der Waals surface area (Å²) in [5.74, 6) is -0.762. The Labute approximate surface area is 109 Å². The molecule has 3 N–H and O–H groups in total. The summed E-state index contributed by atoms with van der Waals surface area (Å²) in [7, 11) is 3.52. The van der Waals surface area contributed by atoms with E-state index in [1.54, 1.807) is 7.05 Å². The third-order valence-electron chi connectivity index (χ3n) is 2.57. The molecule has 18 heavy (non-hydrogen) atoms. The molecule has 0 aromatic rings. The van der Waals surface area contributed by atoms with Gasteiger partial charge in [-0.25, -0.2) is 9.59 Å². The van der Waals surface area contributed by atoms with Crippen molar-refractivity contribution in [3.05, 3.63) is 0 Å². The van der Waals surface area contributed by atoms with Crippen molar-refractivity contribution >= 4 is 12.0 Å². The highest BCUT2D eigenvalue weighted by atomic mass is 16.4. The van der Waals surface area contributed by atoms with Crippen LogP contribution in [0.4, 0.5) is 4.79 Å². The van der Waals surface area contributed by atoms with E-state index < -0.39 is 12.0 Å². The predicted molar refractivity (Wildman–Crippen MR) is 70.6 cm³/mol. The molecule has 0 heterocycles. The number of urea groups is 1. The molecule has 6 nitrogen and oxygen atoms in total. The van der Waals surface area contributed by atoms with Gasteiger partial charge < -0.3 is 20.6 Å². The predicted octanol–water partition coefficient (Wildman–Crippen LogP) is 0.737. The first-order chi connectivity index (χ1) is 8.38. The number of carboxylic acids is 1. The van der Waals surface area contributed by atoms with Crippen LogP contribution in [-0.4, -0.2) is 55.2 Å². The van der Waals surface area contributed by atoms with Gasteiger partial charge in [0.15, 0.2) is 0 Å². The first kappa shape index (κ1) is 16.7. The van der Waals surface area contributed by atoms with E-state index in [2.05, 4.69) is 10.6 Å². The van der Waals surface area contributed by atoms with Crippen LogP contribution in [0.15, 0.2) is 0 Å². The molecule has 0 aliphatic carbocycles. The van der Waals surface area contributed by atoms with E-state index in [0.717, 1.165) is 13.0 Å². The molecule has 2 amide bonds. The molecule has 0 aromatic heterocycles. The Morgan fingerprint density at radius 2 is 1.94 bits per heavy atom. The molecule has 0 saturated carbocycles. The summed E-state index contributed by atoms with van der Waals surface area (Å²) in [4.78, 5) is 24.3. The summed E-state index contributed by atoms with van der Waals surface area (Å²) in [6.07, 6.45) is 1.27. The molecule has 106 valence electrons. The summed E-state index contributed by atoms with van der Waals surface area (Å²) in [5, 5.41) is 14.6. The van der Waals surface area contributed by atoms with Crippen molar-refractivity contribution in [3.8, 4) is 0 Å². The van der Waals surface area contributed by atoms with Gasteiger partial charge in [-0.1, -0.05) is 13.8 Å². The van der Waals surface area contributed by atoms with Gasteiger partial charge in [-0.15, -0.1) is 0 Å². The fourth-order valence-corrected chi connectivity index (χ4v) is 1.55. The second-order valence-electron chi connectivity index (χ2n) is 4.85. The fourth-order valence-electron chi connectivity index (χ4n) is 1.55. The van der Waals surface area contributed by atoms with Crippen molar-refractivity contribution < 1.29 is 14.7 Å².